The van der Waals surface area contributed by atoms with E-state index >= 15 is 0 Å². The second kappa shape index (κ2) is 7.25. The zero-order valence-corrected chi connectivity index (χ0v) is 13.5. The molecule has 1 aromatic carbocycles. The summed E-state index contributed by atoms with van der Waals surface area (Å²) in [6.45, 7) is 11.3. The van der Waals surface area contributed by atoms with Gasteiger partial charge in [-0.15, -0.1) is 0 Å². The number of aliphatic hydroxyl groups excluding tert-OH is 1. The van der Waals surface area contributed by atoms with Crippen LogP contribution in [0.5, 0.6) is 5.75 Å². The van der Waals surface area contributed by atoms with Crippen molar-refractivity contribution >= 4 is 0 Å². The van der Waals surface area contributed by atoms with Crippen molar-refractivity contribution in [2.45, 2.75) is 45.9 Å². The highest BCUT2D eigenvalue weighted by Gasteiger charge is 2.23. The molecule has 0 bridgehead atoms. The van der Waals surface area contributed by atoms with Crippen LogP contribution in [0.25, 0.3) is 0 Å². The van der Waals surface area contributed by atoms with Crippen molar-refractivity contribution in [3.05, 3.63) is 29.3 Å². The maximum Gasteiger partial charge on any atom is 0.125 e. The number of ether oxygens (including phenoxy) is 2. The van der Waals surface area contributed by atoms with Crippen LogP contribution in [0.4, 0.5) is 0 Å². The van der Waals surface area contributed by atoms with Gasteiger partial charge in [0.05, 0.1) is 12.7 Å². The van der Waals surface area contributed by atoms with Gasteiger partial charge in [0.2, 0.25) is 0 Å². The Kier molecular flexibility index (Phi) is 5.62. The molecule has 21 heavy (non-hydrogen) atoms. The quantitative estimate of drug-likeness (QED) is 0.906. The van der Waals surface area contributed by atoms with E-state index < -0.39 is 6.10 Å². The molecule has 1 aliphatic rings. The third kappa shape index (κ3) is 4.43. The first-order chi connectivity index (χ1) is 9.97. The van der Waals surface area contributed by atoms with Crippen LogP contribution in [0.2, 0.25) is 0 Å². The van der Waals surface area contributed by atoms with Crippen LogP contribution in [0.1, 0.15) is 38.0 Å². The summed E-state index contributed by atoms with van der Waals surface area (Å²) >= 11 is 0. The summed E-state index contributed by atoms with van der Waals surface area (Å²) in [4.78, 5) is 2.41. The fourth-order valence-corrected chi connectivity index (χ4v) is 2.62. The number of hydrogen-bond acceptors (Lipinski definition) is 4. The lowest BCUT2D eigenvalue weighted by Gasteiger charge is -2.35. The molecule has 2 atom stereocenters. The van der Waals surface area contributed by atoms with Crippen LogP contribution < -0.4 is 4.74 Å². The van der Waals surface area contributed by atoms with Gasteiger partial charge in [-0.25, -0.2) is 0 Å². The standard InChI is InChI=1S/C17H27NO3/c1-12(2)18-7-8-20-15(10-18)11-21-17-6-5-13(3)9-16(17)14(4)19/h5-6,9,12,14-15,19H,7-8,10-11H2,1-4H3. The van der Waals surface area contributed by atoms with E-state index in [4.69, 9.17) is 9.47 Å². The van der Waals surface area contributed by atoms with Gasteiger partial charge in [-0.3, -0.25) is 4.90 Å². The molecule has 2 rings (SSSR count). The van der Waals surface area contributed by atoms with Crippen LogP contribution in [-0.2, 0) is 4.74 Å². The zero-order chi connectivity index (χ0) is 15.4. The summed E-state index contributed by atoms with van der Waals surface area (Å²) in [5.74, 6) is 0.751. The second-order valence-corrected chi connectivity index (χ2v) is 6.11. The monoisotopic (exact) mass is 293 g/mol. The highest BCUT2D eigenvalue weighted by molar-refractivity contribution is 5.38. The van der Waals surface area contributed by atoms with Crippen molar-refractivity contribution in [2.24, 2.45) is 0 Å². The lowest BCUT2D eigenvalue weighted by molar-refractivity contribution is -0.0567. The molecule has 1 saturated heterocycles. The van der Waals surface area contributed by atoms with Gasteiger partial charge in [-0.05, 0) is 39.8 Å². The van der Waals surface area contributed by atoms with Gasteiger partial charge in [0.15, 0.2) is 0 Å². The van der Waals surface area contributed by atoms with Crippen molar-refractivity contribution in [1.29, 1.82) is 0 Å². The van der Waals surface area contributed by atoms with E-state index in [1.807, 2.05) is 25.1 Å². The average Bonchev–Trinajstić information content (AvgIpc) is 2.46. The summed E-state index contributed by atoms with van der Waals surface area (Å²) in [5, 5.41) is 9.86. The molecule has 1 fully saturated rings. The fourth-order valence-electron chi connectivity index (χ4n) is 2.62. The number of rotatable bonds is 5. The van der Waals surface area contributed by atoms with Crippen LogP contribution in [0, 0.1) is 6.92 Å². The van der Waals surface area contributed by atoms with Crippen LogP contribution in [0.3, 0.4) is 0 Å². The van der Waals surface area contributed by atoms with Gasteiger partial charge in [-0.2, -0.15) is 0 Å². The van der Waals surface area contributed by atoms with E-state index in [0.717, 1.165) is 36.6 Å². The first kappa shape index (κ1) is 16.3. The smallest absolute Gasteiger partial charge is 0.125 e. The predicted molar refractivity (Wildman–Crippen MR) is 83.8 cm³/mol. The first-order valence-electron chi connectivity index (χ1n) is 7.74. The molecule has 2 unspecified atom stereocenters. The molecule has 0 aliphatic carbocycles. The Labute approximate surface area is 127 Å². The lowest BCUT2D eigenvalue weighted by Crippen LogP contribution is -2.47. The van der Waals surface area contributed by atoms with E-state index in [0.29, 0.717) is 12.6 Å². The summed E-state index contributed by atoms with van der Waals surface area (Å²) in [6, 6.07) is 6.44. The van der Waals surface area contributed by atoms with Crippen molar-refractivity contribution < 1.29 is 14.6 Å². The Bertz CT molecular complexity index is 459. The highest BCUT2D eigenvalue weighted by atomic mass is 16.5. The van der Waals surface area contributed by atoms with Crippen LogP contribution >= 0.6 is 0 Å². The highest BCUT2D eigenvalue weighted by Crippen LogP contribution is 2.26. The molecule has 4 nitrogen and oxygen atoms in total. The van der Waals surface area contributed by atoms with E-state index in [2.05, 4.69) is 18.7 Å². The Morgan fingerprint density at radius 3 is 2.81 bits per heavy atom. The Morgan fingerprint density at radius 1 is 1.38 bits per heavy atom. The molecule has 1 N–H and O–H groups in total. The predicted octanol–water partition coefficient (Wildman–Crippen LogP) is 2.54. The molecule has 0 aromatic heterocycles. The molecule has 1 heterocycles. The average molecular weight is 293 g/mol. The molecular weight excluding hydrogens is 266 g/mol. The molecule has 1 aromatic rings. The number of hydrogen-bond donors (Lipinski definition) is 1. The summed E-state index contributed by atoms with van der Waals surface area (Å²) in [5.41, 5.74) is 1.96. The van der Waals surface area contributed by atoms with Crippen molar-refractivity contribution in [2.75, 3.05) is 26.3 Å². The minimum atomic E-state index is -0.528. The second-order valence-electron chi connectivity index (χ2n) is 6.11. The van der Waals surface area contributed by atoms with E-state index in [1.165, 1.54) is 0 Å². The minimum Gasteiger partial charge on any atom is -0.490 e. The minimum absolute atomic E-state index is 0.0873. The number of nitrogens with zero attached hydrogens (tertiary/aromatic N) is 1. The zero-order valence-electron chi connectivity index (χ0n) is 13.5. The normalized spacial score (nSPS) is 21.5. The number of aliphatic hydroxyl groups is 1. The van der Waals surface area contributed by atoms with Crippen LogP contribution in [-0.4, -0.2) is 48.5 Å². The Morgan fingerprint density at radius 2 is 2.14 bits per heavy atom. The van der Waals surface area contributed by atoms with Gasteiger partial charge in [0.25, 0.3) is 0 Å². The summed E-state index contributed by atoms with van der Waals surface area (Å²) in [6.07, 6.45) is -0.441. The van der Waals surface area contributed by atoms with E-state index in [1.54, 1.807) is 6.92 Å². The number of benzene rings is 1. The maximum absolute atomic E-state index is 9.86. The molecule has 0 radical (unpaired) electrons. The van der Waals surface area contributed by atoms with Gasteiger partial charge in [0, 0.05) is 24.7 Å². The Balaban J connectivity index is 1.96. The molecule has 118 valence electrons. The maximum atomic E-state index is 9.86. The summed E-state index contributed by atoms with van der Waals surface area (Å²) < 4.78 is 11.7. The van der Waals surface area contributed by atoms with Gasteiger partial charge < -0.3 is 14.6 Å². The number of aryl methyl sites for hydroxylation is 1. The van der Waals surface area contributed by atoms with E-state index in [9.17, 15) is 5.11 Å². The largest absolute Gasteiger partial charge is 0.490 e. The van der Waals surface area contributed by atoms with Gasteiger partial charge in [0.1, 0.15) is 18.5 Å². The Hall–Kier alpha value is -1.10. The molecule has 1 aliphatic heterocycles. The third-order valence-corrected chi connectivity index (χ3v) is 3.94. The van der Waals surface area contributed by atoms with Crippen molar-refractivity contribution in [3.8, 4) is 5.75 Å². The third-order valence-electron chi connectivity index (χ3n) is 3.94. The molecule has 0 saturated carbocycles. The molecule has 4 heteroatoms. The van der Waals surface area contributed by atoms with Crippen molar-refractivity contribution in [3.63, 3.8) is 0 Å². The lowest BCUT2D eigenvalue weighted by atomic mass is 10.1. The number of morpholine rings is 1. The molecule has 0 amide bonds. The molecular formula is C17H27NO3. The van der Waals surface area contributed by atoms with Crippen molar-refractivity contribution in [1.82, 2.24) is 4.90 Å². The first-order valence-corrected chi connectivity index (χ1v) is 7.74. The molecule has 0 spiro atoms. The SMILES string of the molecule is Cc1ccc(OCC2CN(C(C)C)CCO2)c(C(C)O)c1. The fraction of sp³-hybridized carbons (Fsp3) is 0.647. The summed E-state index contributed by atoms with van der Waals surface area (Å²) in [7, 11) is 0. The van der Waals surface area contributed by atoms with Gasteiger partial charge >= 0.3 is 0 Å². The topological polar surface area (TPSA) is 41.9 Å². The van der Waals surface area contributed by atoms with Crippen LogP contribution in [0.15, 0.2) is 18.2 Å². The van der Waals surface area contributed by atoms with Gasteiger partial charge in [-0.1, -0.05) is 11.6 Å². The van der Waals surface area contributed by atoms with E-state index in [-0.39, 0.29) is 6.10 Å².